The van der Waals surface area contributed by atoms with Gasteiger partial charge < -0.3 is 11.1 Å². The number of nitrogens with two attached hydrogens (primary N) is 1. The Kier molecular flexibility index (Phi) is 4.39. The lowest BCUT2D eigenvalue weighted by molar-refractivity contribution is -0.123. The van der Waals surface area contributed by atoms with Gasteiger partial charge in [-0.1, -0.05) is 25.0 Å². The fraction of sp³-hybridized carbons (Fsp3) is 0.333. The van der Waals surface area contributed by atoms with Gasteiger partial charge in [0.2, 0.25) is 5.91 Å². The van der Waals surface area contributed by atoms with Gasteiger partial charge >= 0.3 is 0 Å². The summed E-state index contributed by atoms with van der Waals surface area (Å²) in [6, 6.07) is 9.94. The van der Waals surface area contributed by atoms with Crippen LogP contribution in [0, 0.1) is 0 Å². The zero-order valence-electron chi connectivity index (χ0n) is 14.0. The molecule has 0 bridgehead atoms. The van der Waals surface area contributed by atoms with Gasteiger partial charge in [0.05, 0.1) is 5.69 Å². The Morgan fingerprint density at radius 2 is 1.92 bits per heavy atom. The Labute approximate surface area is 144 Å². The standard InChI is InChI=1S/C18H20N4O3/c1-22-15(23)8-7-14(21-22)12-5-4-6-13(11-12)16(24)20-18(17(19)25)9-2-3-10-18/h4-8,11H,2-3,9-10H2,1H3,(H2,19,25)(H,20,24). The van der Waals surface area contributed by atoms with Gasteiger partial charge in [-0.25, -0.2) is 4.68 Å². The van der Waals surface area contributed by atoms with E-state index in [1.54, 1.807) is 31.3 Å². The van der Waals surface area contributed by atoms with Crippen LogP contribution in [0.3, 0.4) is 0 Å². The summed E-state index contributed by atoms with van der Waals surface area (Å²) in [5.74, 6) is -0.832. The maximum absolute atomic E-state index is 12.6. The molecular formula is C18H20N4O3. The molecule has 3 rings (SSSR count). The quantitative estimate of drug-likeness (QED) is 0.865. The summed E-state index contributed by atoms with van der Waals surface area (Å²) in [5, 5.41) is 7.01. The molecule has 1 heterocycles. The number of aromatic nitrogens is 2. The van der Waals surface area contributed by atoms with Gasteiger partial charge in [-0.2, -0.15) is 5.10 Å². The third kappa shape index (κ3) is 3.31. The lowest BCUT2D eigenvalue weighted by Gasteiger charge is -2.26. The third-order valence-electron chi connectivity index (χ3n) is 4.66. The lowest BCUT2D eigenvalue weighted by Crippen LogP contribution is -2.55. The predicted molar refractivity (Wildman–Crippen MR) is 92.8 cm³/mol. The summed E-state index contributed by atoms with van der Waals surface area (Å²) in [7, 11) is 1.57. The van der Waals surface area contributed by atoms with Crippen molar-refractivity contribution < 1.29 is 9.59 Å². The van der Waals surface area contributed by atoms with Crippen LogP contribution in [0.2, 0.25) is 0 Å². The smallest absolute Gasteiger partial charge is 0.266 e. The third-order valence-corrected chi connectivity index (χ3v) is 4.66. The SMILES string of the molecule is Cn1nc(-c2cccc(C(=O)NC3(C(N)=O)CCCC3)c2)ccc1=O. The van der Waals surface area contributed by atoms with E-state index < -0.39 is 11.4 Å². The highest BCUT2D eigenvalue weighted by atomic mass is 16.2. The number of amides is 2. The predicted octanol–water partition coefficient (Wildman–Crippen LogP) is 0.975. The molecule has 1 aliphatic rings. The van der Waals surface area contributed by atoms with Crippen molar-refractivity contribution in [1.29, 1.82) is 0 Å². The summed E-state index contributed by atoms with van der Waals surface area (Å²) in [6.45, 7) is 0. The van der Waals surface area contributed by atoms with Gasteiger partial charge in [-0.3, -0.25) is 14.4 Å². The van der Waals surface area contributed by atoms with Crippen molar-refractivity contribution in [1.82, 2.24) is 15.1 Å². The molecule has 3 N–H and O–H groups in total. The summed E-state index contributed by atoms with van der Waals surface area (Å²) < 4.78 is 1.24. The van der Waals surface area contributed by atoms with Crippen LogP contribution in [0.1, 0.15) is 36.0 Å². The monoisotopic (exact) mass is 340 g/mol. The van der Waals surface area contributed by atoms with E-state index in [1.165, 1.54) is 10.7 Å². The van der Waals surface area contributed by atoms with E-state index in [-0.39, 0.29) is 11.5 Å². The Hall–Kier alpha value is -2.96. The minimum Gasteiger partial charge on any atom is -0.368 e. The van der Waals surface area contributed by atoms with E-state index in [0.717, 1.165) is 12.8 Å². The van der Waals surface area contributed by atoms with Crippen LogP contribution in [0.5, 0.6) is 0 Å². The molecule has 1 saturated carbocycles. The molecule has 0 atom stereocenters. The average Bonchev–Trinajstić information content (AvgIpc) is 3.07. The van der Waals surface area contributed by atoms with Crippen LogP contribution in [0.25, 0.3) is 11.3 Å². The van der Waals surface area contributed by atoms with Gasteiger partial charge in [-0.05, 0) is 31.0 Å². The number of nitrogens with one attached hydrogen (secondary N) is 1. The average molecular weight is 340 g/mol. The van der Waals surface area contributed by atoms with Crippen LogP contribution in [0.4, 0.5) is 0 Å². The maximum atomic E-state index is 12.6. The number of rotatable bonds is 4. The van der Waals surface area contributed by atoms with Gasteiger partial charge in [0.25, 0.3) is 11.5 Å². The lowest BCUT2D eigenvalue weighted by atomic mass is 9.96. The zero-order chi connectivity index (χ0) is 18.0. The molecule has 1 aliphatic carbocycles. The van der Waals surface area contributed by atoms with Crippen LogP contribution >= 0.6 is 0 Å². The molecule has 0 radical (unpaired) electrons. The Balaban J connectivity index is 1.88. The number of benzene rings is 1. The van der Waals surface area contributed by atoms with Gasteiger partial charge in [-0.15, -0.1) is 0 Å². The normalized spacial score (nSPS) is 15.7. The fourth-order valence-electron chi connectivity index (χ4n) is 3.18. The largest absolute Gasteiger partial charge is 0.368 e. The van der Waals surface area contributed by atoms with Crippen LogP contribution in [-0.2, 0) is 11.8 Å². The summed E-state index contributed by atoms with van der Waals surface area (Å²) in [5.41, 5.74) is 6.07. The summed E-state index contributed by atoms with van der Waals surface area (Å²) in [4.78, 5) is 35.9. The molecule has 0 spiro atoms. The highest BCUT2D eigenvalue weighted by Crippen LogP contribution is 2.30. The molecule has 0 unspecified atom stereocenters. The highest BCUT2D eigenvalue weighted by molar-refractivity contribution is 5.99. The first kappa shape index (κ1) is 16.9. The molecule has 1 fully saturated rings. The Morgan fingerprint density at radius 1 is 1.20 bits per heavy atom. The van der Waals surface area contributed by atoms with Crippen molar-refractivity contribution >= 4 is 11.8 Å². The molecule has 7 heteroatoms. The molecule has 2 amide bonds. The topological polar surface area (TPSA) is 107 Å². The van der Waals surface area contributed by atoms with Crippen LogP contribution in [-0.4, -0.2) is 27.1 Å². The number of hydrogen-bond acceptors (Lipinski definition) is 4. The number of hydrogen-bond donors (Lipinski definition) is 2. The number of aryl methyl sites for hydroxylation is 1. The number of nitrogens with zero attached hydrogens (tertiary/aromatic N) is 2. The number of primary amides is 1. The van der Waals surface area contributed by atoms with E-state index in [0.29, 0.717) is 29.7 Å². The number of carbonyl (C=O) groups is 2. The molecular weight excluding hydrogens is 320 g/mol. The fourth-order valence-corrected chi connectivity index (χ4v) is 3.18. The molecule has 7 nitrogen and oxygen atoms in total. The van der Waals surface area contributed by atoms with Crippen LogP contribution in [0.15, 0.2) is 41.2 Å². The van der Waals surface area contributed by atoms with Crippen molar-refractivity contribution in [3.63, 3.8) is 0 Å². The first-order valence-electron chi connectivity index (χ1n) is 8.18. The molecule has 1 aromatic carbocycles. The molecule has 0 aliphatic heterocycles. The van der Waals surface area contributed by atoms with Crippen molar-refractivity contribution in [2.75, 3.05) is 0 Å². The first-order chi connectivity index (χ1) is 11.9. The van der Waals surface area contributed by atoms with Crippen molar-refractivity contribution in [3.8, 4) is 11.3 Å². The van der Waals surface area contributed by atoms with E-state index in [1.807, 2.05) is 6.07 Å². The number of carbonyl (C=O) groups excluding carboxylic acids is 2. The van der Waals surface area contributed by atoms with Crippen molar-refractivity contribution in [2.45, 2.75) is 31.2 Å². The van der Waals surface area contributed by atoms with Gasteiger partial charge in [0.15, 0.2) is 0 Å². The van der Waals surface area contributed by atoms with Gasteiger partial charge in [0, 0.05) is 24.2 Å². The molecule has 25 heavy (non-hydrogen) atoms. The first-order valence-corrected chi connectivity index (χ1v) is 8.18. The van der Waals surface area contributed by atoms with E-state index >= 15 is 0 Å². The summed E-state index contributed by atoms with van der Waals surface area (Å²) in [6.07, 6.45) is 2.86. The zero-order valence-corrected chi connectivity index (χ0v) is 14.0. The Morgan fingerprint density at radius 3 is 2.56 bits per heavy atom. The van der Waals surface area contributed by atoms with E-state index in [9.17, 15) is 14.4 Å². The van der Waals surface area contributed by atoms with E-state index in [2.05, 4.69) is 10.4 Å². The maximum Gasteiger partial charge on any atom is 0.266 e. The van der Waals surface area contributed by atoms with E-state index in [4.69, 9.17) is 5.73 Å². The molecule has 1 aromatic heterocycles. The second-order valence-corrected chi connectivity index (χ2v) is 6.37. The Bertz CT molecular complexity index is 882. The molecule has 130 valence electrons. The minimum absolute atomic E-state index is 0.206. The summed E-state index contributed by atoms with van der Waals surface area (Å²) >= 11 is 0. The highest BCUT2D eigenvalue weighted by Gasteiger charge is 2.41. The minimum atomic E-state index is -0.956. The second-order valence-electron chi connectivity index (χ2n) is 6.37. The van der Waals surface area contributed by atoms with Crippen molar-refractivity contribution in [2.24, 2.45) is 12.8 Å². The second kappa shape index (κ2) is 6.51. The van der Waals surface area contributed by atoms with Crippen LogP contribution < -0.4 is 16.6 Å². The van der Waals surface area contributed by atoms with Crippen molar-refractivity contribution in [3.05, 3.63) is 52.3 Å². The molecule has 0 saturated heterocycles. The molecule has 2 aromatic rings. The van der Waals surface area contributed by atoms with Gasteiger partial charge in [0.1, 0.15) is 5.54 Å².